The maximum Gasteiger partial charge on any atom is 0.225 e. The maximum atomic E-state index is 12.1. The van der Waals surface area contributed by atoms with Gasteiger partial charge in [-0.15, -0.1) is 12.4 Å². The van der Waals surface area contributed by atoms with Crippen LogP contribution in [0.15, 0.2) is 0 Å². The second kappa shape index (κ2) is 6.38. The second-order valence-corrected chi connectivity index (χ2v) is 5.22. The molecule has 2 amide bonds. The van der Waals surface area contributed by atoms with Gasteiger partial charge in [0.25, 0.3) is 0 Å². The molecule has 18 heavy (non-hydrogen) atoms. The van der Waals surface area contributed by atoms with Crippen LogP contribution in [0.25, 0.3) is 0 Å². The third-order valence-corrected chi connectivity index (χ3v) is 3.98. The molecule has 0 aromatic carbocycles. The number of hydrogen-bond donors (Lipinski definition) is 3. The molecule has 2 rings (SSSR count). The summed E-state index contributed by atoms with van der Waals surface area (Å²) in [5.74, 6) is 0.0116. The SMILES string of the molecule is Cl.NCC1(NC(=O)C2CCC(=O)NC2)CCCC1. The van der Waals surface area contributed by atoms with E-state index in [1.807, 2.05) is 0 Å². The van der Waals surface area contributed by atoms with Gasteiger partial charge in [0.15, 0.2) is 0 Å². The minimum absolute atomic E-state index is 0. The molecule has 1 unspecified atom stereocenters. The fraction of sp³-hybridized carbons (Fsp3) is 0.833. The Bertz CT molecular complexity index is 306. The first kappa shape index (κ1) is 15.2. The first-order valence-electron chi connectivity index (χ1n) is 6.44. The predicted octanol–water partition coefficient (Wildman–Crippen LogP) is 0.322. The molecule has 2 fully saturated rings. The number of halogens is 1. The van der Waals surface area contributed by atoms with Crippen LogP contribution in [0.2, 0.25) is 0 Å². The van der Waals surface area contributed by atoms with Crippen molar-refractivity contribution in [3.05, 3.63) is 0 Å². The van der Waals surface area contributed by atoms with Gasteiger partial charge in [-0.05, 0) is 19.3 Å². The summed E-state index contributed by atoms with van der Waals surface area (Å²) < 4.78 is 0. The lowest BCUT2D eigenvalue weighted by atomic mass is 9.93. The van der Waals surface area contributed by atoms with Crippen LogP contribution in [0.3, 0.4) is 0 Å². The summed E-state index contributed by atoms with van der Waals surface area (Å²) in [7, 11) is 0. The summed E-state index contributed by atoms with van der Waals surface area (Å²) >= 11 is 0. The van der Waals surface area contributed by atoms with Gasteiger partial charge in [-0.25, -0.2) is 0 Å². The van der Waals surface area contributed by atoms with Crippen molar-refractivity contribution < 1.29 is 9.59 Å². The summed E-state index contributed by atoms with van der Waals surface area (Å²) in [6, 6.07) is 0. The molecule has 0 aromatic rings. The van der Waals surface area contributed by atoms with E-state index in [0.29, 0.717) is 25.9 Å². The summed E-state index contributed by atoms with van der Waals surface area (Å²) in [4.78, 5) is 23.1. The van der Waals surface area contributed by atoms with Crippen LogP contribution in [0, 0.1) is 5.92 Å². The molecule has 0 radical (unpaired) electrons. The standard InChI is InChI=1S/C12H21N3O2.ClH/c13-8-12(5-1-2-6-12)15-11(17)9-3-4-10(16)14-7-9;/h9H,1-8,13H2,(H,14,16)(H,15,17);1H. The van der Waals surface area contributed by atoms with E-state index >= 15 is 0 Å². The number of carbonyl (C=O) groups is 2. The number of hydrogen-bond acceptors (Lipinski definition) is 3. The van der Waals surface area contributed by atoms with Gasteiger partial charge < -0.3 is 16.4 Å². The third-order valence-electron chi connectivity index (χ3n) is 3.98. The van der Waals surface area contributed by atoms with Crippen LogP contribution in [0.5, 0.6) is 0 Å². The van der Waals surface area contributed by atoms with Gasteiger partial charge in [-0.2, -0.15) is 0 Å². The zero-order valence-electron chi connectivity index (χ0n) is 10.5. The Morgan fingerprint density at radius 3 is 2.61 bits per heavy atom. The van der Waals surface area contributed by atoms with Gasteiger partial charge in [0.1, 0.15) is 0 Å². The van der Waals surface area contributed by atoms with E-state index in [2.05, 4.69) is 10.6 Å². The molecule has 1 aliphatic carbocycles. The Balaban J connectivity index is 0.00000162. The summed E-state index contributed by atoms with van der Waals surface area (Å²) in [6.45, 7) is 0.975. The average molecular weight is 276 g/mol. The Morgan fingerprint density at radius 1 is 1.44 bits per heavy atom. The van der Waals surface area contributed by atoms with Crippen molar-refractivity contribution in [2.45, 2.75) is 44.1 Å². The third kappa shape index (κ3) is 3.36. The van der Waals surface area contributed by atoms with E-state index in [-0.39, 0.29) is 35.7 Å². The molecule has 1 saturated carbocycles. The highest BCUT2D eigenvalue weighted by molar-refractivity contribution is 5.85. The molecule has 0 spiro atoms. The van der Waals surface area contributed by atoms with E-state index in [1.165, 1.54) is 0 Å². The molecule has 0 bridgehead atoms. The van der Waals surface area contributed by atoms with Crippen LogP contribution in [-0.4, -0.2) is 30.4 Å². The minimum atomic E-state index is -0.182. The van der Waals surface area contributed by atoms with Gasteiger partial charge in [-0.1, -0.05) is 12.8 Å². The van der Waals surface area contributed by atoms with Crippen molar-refractivity contribution in [1.29, 1.82) is 0 Å². The smallest absolute Gasteiger partial charge is 0.225 e. The number of amides is 2. The summed E-state index contributed by atoms with van der Waals surface area (Å²) in [5.41, 5.74) is 5.60. The molecule has 1 atom stereocenters. The number of carbonyl (C=O) groups excluding carboxylic acids is 2. The lowest BCUT2D eigenvalue weighted by molar-refractivity contribution is -0.130. The zero-order valence-corrected chi connectivity index (χ0v) is 11.4. The molecule has 4 N–H and O–H groups in total. The number of nitrogens with two attached hydrogens (primary N) is 1. The van der Waals surface area contributed by atoms with Crippen molar-refractivity contribution in [1.82, 2.24) is 10.6 Å². The van der Waals surface area contributed by atoms with E-state index in [1.54, 1.807) is 0 Å². The van der Waals surface area contributed by atoms with Crippen LogP contribution in [0.4, 0.5) is 0 Å². The van der Waals surface area contributed by atoms with Gasteiger partial charge in [-0.3, -0.25) is 9.59 Å². The normalized spacial score (nSPS) is 26.1. The first-order valence-corrected chi connectivity index (χ1v) is 6.44. The van der Waals surface area contributed by atoms with E-state index in [0.717, 1.165) is 25.7 Å². The minimum Gasteiger partial charge on any atom is -0.355 e. The van der Waals surface area contributed by atoms with Crippen LogP contribution < -0.4 is 16.4 Å². The Hall–Kier alpha value is -0.810. The number of nitrogens with one attached hydrogen (secondary N) is 2. The second-order valence-electron chi connectivity index (χ2n) is 5.22. The molecule has 6 heteroatoms. The van der Waals surface area contributed by atoms with E-state index in [9.17, 15) is 9.59 Å². The predicted molar refractivity (Wildman–Crippen MR) is 71.4 cm³/mol. The fourth-order valence-electron chi connectivity index (χ4n) is 2.75. The molecule has 1 heterocycles. The molecule has 1 saturated heterocycles. The molecule has 0 aromatic heterocycles. The molecule has 5 nitrogen and oxygen atoms in total. The summed E-state index contributed by atoms with van der Waals surface area (Å²) in [6.07, 6.45) is 5.34. The van der Waals surface area contributed by atoms with Gasteiger partial charge in [0, 0.05) is 19.5 Å². The molecule has 2 aliphatic rings. The Kier molecular flexibility index (Phi) is 5.41. The molecule has 104 valence electrons. The highest BCUT2D eigenvalue weighted by Crippen LogP contribution is 2.29. The van der Waals surface area contributed by atoms with Crippen molar-refractivity contribution in [2.75, 3.05) is 13.1 Å². The zero-order chi connectivity index (χ0) is 12.3. The highest BCUT2D eigenvalue weighted by atomic mass is 35.5. The number of piperidine rings is 1. The number of rotatable bonds is 3. The monoisotopic (exact) mass is 275 g/mol. The van der Waals surface area contributed by atoms with Crippen LogP contribution >= 0.6 is 12.4 Å². The molecule has 1 aliphatic heterocycles. The fourth-order valence-corrected chi connectivity index (χ4v) is 2.75. The average Bonchev–Trinajstić information content (AvgIpc) is 2.79. The van der Waals surface area contributed by atoms with Gasteiger partial charge in [0.2, 0.25) is 11.8 Å². The Labute approximate surface area is 114 Å². The quantitative estimate of drug-likeness (QED) is 0.694. The van der Waals surface area contributed by atoms with Crippen molar-refractivity contribution >= 4 is 24.2 Å². The van der Waals surface area contributed by atoms with E-state index in [4.69, 9.17) is 5.73 Å². The van der Waals surface area contributed by atoms with Crippen molar-refractivity contribution in [3.63, 3.8) is 0 Å². The van der Waals surface area contributed by atoms with Crippen LogP contribution in [0.1, 0.15) is 38.5 Å². The summed E-state index contributed by atoms with van der Waals surface area (Å²) in [5, 5.41) is 5.85. The lowest BCUT2D eigenvalue weighted by Gasteiger charge is -2.32. The van der Waals surface area contributed by atoms with Crippen LogP contribution in [-0.2, 0) is 9.59 Å². The van der Waals surface area contributed by atoms with Gasteiger partial charge in [0.05, 0.1) is 11.5 Å². The van der Waals surface area contributed by atoms with Crippen molar-refractivity contribution in [3.8, 4) is 0 Å². The topological polar surface area (TPSA) is 84.2 Å². The van der Waals surface area contributed by atoms with Gasteiger partial charge >= 0.3 is 0 Å². The van der Waals surface area contributed by atoms with E-state index < -0.39 is 0 Å². The maximum absolute atomic E-state index is 12.1. The highest BCUT2D eigenvalue weighted by Gasteiger charge is 2.36. The Morgan fingerprint density at radius 2 is 2.11 bits per heavy atom. The first-order chi connectivity index (χ1) is 8.15. The van der Waals surface area contributed by atoms with Crippen molar-refractivity contribution in [2.24, 2.45) is 11.7 Å². The largest absolute Gasteiger partial charge is 0.355 e. The lowest BCUT2D eigenvalue weighted by Crippen LogP contribution is -2.55. The molecular weight excluding hydrogens is 254 g/mol. The molecular formula is C12H22ClN3O2.